The number of hydrogen-bond donors (Lipinski definition) is 0. The van der Waals surface area contributed by atoms with Gasteiger partial charge in [0, 0.05) is 26.7 Å². The molecule has 0 bridgehead atoms. The number of benzene rings is 1. The monoisotopic (exact) mass is 405 g/mol. The van der Waals surface area contributed by atoms with Crippen molar-refractivity contribution in [3.05, 3.63) is 64.5 Å². The van der Waals surface area contributed by atoms with E-state index in [1.165, 1.54) is 23.1 Å². The first kappa shape index (κ1) is 20.8. The Bertz CT molecular complexity index is 920. The molecule has 1 fully saturated rings. The first-order valence-electron chi connectivity index (χ1n) is 9.24. The molecule has 0 saturated heterocycles. The van der Waals surface area contributed by atoms with Crippen molar-refractivity contribution in [3.8, 4) is 0 Å². The number of alkyl halides is 3. The topological polar surface area (TPSA) is 53.5 Å². The zero-order valence-corrected chi connectivity index (χ0v) is 16.5. The van der Waals surface area contributed by atoms with Crippen molar-refractivity contribution >= 4 is 11.8 Å². The molecular formula is C21H22F3N3O2. The molecule has 1 aromatic heterocycles. The van der Waals surface area contributed by atoms with E-state index in [0.29, 0.717) is 16.8 Å². The second-order valence-corrected chi connectivity index (χ2v) is 7.39. The third-order valence-corrected chi connectivity index (χ3v) is 4.82. The van der Waals surface area contributed by atoms with Crippen LogP contribution in [-0.2, 0) is 12.7 Å². The maximum absolute atomic E-state index is 13.1. The fourth-order valence-corrected chi connectivity index (χ4v) is 3.04. The van der Waals surface area contributed by atoms with Crippen LogP contribution in [0.15, 0.2) is 36.4 Å². The zero-order chi connectivity index (χ0) is 21.3. The van der Waals surface area contributed by atoms with Crippen LogP contribution in [0.25, 0.3) is 0 Å². The van der Waals surface area contributed by atoms with Gasteiger partial charge in [-0.3, -0.25) is 9.59 Å². The summed E-state index contributed by atoms with van der Waals surface area (Å²) in [5, 5.41) is 0. The number of hydrogen-bond acceptors (Lipinski definition) is 3. The van der Waals surface area contributed by atoms with E-state index >= 15 is 0 Å². The second kappa shape index (κ2) is 7.85. The Hall–Kier alpha value is -2.90. The summed E-state index contributed by atoms with van der Waals surface area (Å²) in [4.78, 5) is 32.5. The fourth-order valence-electron chi connectivity index (χ4n) is 3.04. The van der Waals surface area contributed by atoms with E-state index in [-0.39, 0.29) is 30.1 Å². The molecule has 29 heavy (non-hydrogen) atoms. The van der Waals surface area contributed by atoms with Gasteiger partial charge in [0.2, 0.25) is 0 Å². The SMILES string of the molecule is Cc1nc(C(=O)N(C)C)ccc1C(=O)N(Cc1ccc(C(F)(F)F)cc1)C1CC1. The number of rotatable bonds is 5. The van der Waals surface area contributed by atoms with Gasteiger partial charge in [-0.2, -0.15) is 13.2 Å². The van der Waals surface area contributed by atoms with Gasteiger partial charge < -0.3 is 9.80 Å². The minimum atomic E-state index is -4.39. The van der Waals surface area contributed by atoms with E-state index < -0.39 is 11.7 Å². The fraction of sp³-hybridized carbons (Fsp3) is 0.381. The number of amides is 2. The quantitative estimate of drug-likeness (QED) is 0.758. The summed E-state index contributed by atoms with van der Waals surface area (Å²) in [6.07, 6.45) is -2.68. The summed E-state index contributed by atoms with van der Waals surface area (Å²) in [6, 6.07) is 8.02. The molecule has 1 saturated carbocycles. The number of aryl methyl sites for hydroxylation is 1. The van der Waals surface area contributed by atoms with Gasteiger partial charge in [-0.1, -0.05) is 12.1 Å². The molecule has 0 atom stereocenters. The number of halogens is 3. The van der Waals surface area contributed by atoms with Gasteiger partial charge >= 0.3 is 6.18 Å². The maximum atomic E-state index is 13.1. The van der Waals surface area contributed by atoms with E-state index in [9.17, 15) is 22.8 Å². The van der Waals surface area contributed by atoms with E-state index in [4.69, 9.17) is 0 Å². The summed E-state index contributed by atoms with van der Waals surface area (Å²) in [6.45, 7) is 1.89. The van der Waals surface area contributed by atoms with Gasteiger partial charge in [0.05, 0.1) is 16.8 Å². The van der Waals surface area contributed by atoms with E-state index in [2.05, 4.69) is 4.98 Å². The van der Waals surface area contributed by atoms with E-state index in [0.717, 1.165) is 25.0 Å². The van der Waals surface area contributed by atoms with Gasteiger partial charge in [-0.15, -0.1) is 0 Å². The molecule has 1 aliphatic rings. The van der Waals surface area contributed by atoms with Crippen molar-refractivity contribution < 1.29 is 22.8 Å². The van der Waals surface area contributed by atoms with Gasteiger partial charge in [-0.05, 0) is 49.6 Å². The lowest BCUT2D eigenvalue weighted by Crippen LogP contribution is -2.33. The van der Waals surface area contributed by atoms with Crippen LogP contribution < -0.4 is 0 Å². The Labute approximate surface area is 167 Å². The highest BCUT2D eigenvalue weighted by molar-refractivity contribution is 5.97. The third kappa shape index (κ3) is 4.75. The predicted octanol–water partition coefficient (Wildman–Crippen LogP) is 3.92. The lowest BCUT2D eigenvalue weighted by atomic mass is 10.1. The van der Waals surface area contributed by atoms with Crippen molar-refractivity contribution in [2.45, 2.75) is 38.5 Å². The molecule has 3 rings (SSSR count). The largest absolute Gasteiger partial charge is 0.416 e. The normalized spacial score (nSPS) is 13.9. The number of carbonyl (C=O) groups excluding carboxylic acids is 2. The molecule has 1 heterocycles. The van der Waals surface area contributed by atoms with Crippen LogP contribution in [0.5, 0.6) is 0 Å². The highest BCUT2D eigenvalue weighted by Gasteiger charge is 2.34. The molecule has 1 aromatic carbocycles. The summed E-state index contributed by atoms with van der Waals surface area (Å²) in [5.74, 6) is -0.489. The van der Waals surface area contributed by atoms with Gasteiger partial charge in [0.15, 0.2) is 0 Å². The van der Waals surface area contributed by atoms with Crippen LogP contribution >= 0.6 is 0 Å². The number of aromatic nitrogens is 1. The predicted molar refractivity (Wildman–Crippen MR) is 101 cm³/mol. The zero-order valence-electron chi connectivity index (χ0n) is 16.5. The maximum Gasteiger partial charge on any atom is 0.416 e. The van der Waals surface area contributed by atoms with Crippen LogP contribution in [-0.4, -0.2) is 46.7 Å². The lowest BCUT2D eigenvalue weighted by molar-refractivity contribution is -0.137. The first-order valence-corrected chi connectivity index (χ1v) is 9.24. The average molecular weight is 405 g/mol. The molecule has 1 aliphatic carbocycles. The van der Waals surface area contributed by atoms with Crippen molar-refractivity contribution in [2.75, 3.05) is 14.1 Å². The standard InChI is InChI=1S/C21H22F3N3O2/c1-13-17(10-11-18(25-13)20(29)26(2)3)19(28)27(16-8-9-16)12-14-4-6-15(7-5-14)21(22,23)24/h4-7,10-11,16H,8-9,12H2,1-3H3. The van der Waals surface area contributed by atoms with Crippen molar-refractivity contribution in [1.82, 2.24) is 14.8 Å². The Balaban J connectivity index is 1.81. The molecule has 8 heteroatoms. The molecule has 5 nitrogen and oxygen atoms in total. The Morgan fingerprint density at radius 1 is 1.03 bits per heavy atom. The van der Waals surface area contributed by atoms with Crippen LogP contribution in [0.2, 0.25) is 0 Å². The number of carbonyl (C=O) groups is 2. The van der Waals surface area contributed by atoms with Crippen LogP contribution in [0, 0.1) is 6.92 Å². The molecule has 0 N–H and O–H groups in total. The number of nitrogens with zero attached hydrogens (tertiary/aromatic N) is 3. The van der Waals surface area contributed by atoms with Gasteiger partial charge in [-0.25, -0.2) is 4.98 Å². The number of pyridine rings is 1. The summed E-state index contributed by atoms with van der Waals surface area (Å²) >= 11 is 0. The van der Waals surface area contributed by atoms with E-state index in [1.54, 1.807) is 32.0 Å². The summed E-state index contributed by atoms with van der Waals surface area (Å²) in [5.41, 5.74) is 1.000. The smallest absolute Gasteiger partial charge is 0.343 e. The second-order valence-electron chi connectivity index (χ2n) is 7.39. The van der Waals surface area contributed by atoms with Gasteiger partial charge in [0.25, 0.3) is 11.8 Å². The summed E-state index contributed by atoms with van der Waals surface area (Å²) < 4.78 is 38.3. The van der Waals surface area contributed by atoms with Gasteiger partial charge in [0.1, 0.15) is 5.69 Å². The lowest BCUT2D eigenvalue weighted by Gasteiger charge is -2.24. The van der Waals surface area contributed by atoms with Crippen LogP contribution in [0.3, 0.4) is 0 Å². The van der Waals surface area contributed by atoms with Crippen LogP contribution in [0.1, 0.15) is 50.5 Å². The molecule has 2 aromatic rings. The van der Waals surface area contributed by atoms with Crippen molar-refractivity contribution in [1.29, 1.82) is 0 Å². The molecule has 0 unspecified atom stereocenters. The Morgan fingerprint density at radius 3 is 2.14 bits per heavy atom. The Morgan fingerprint density at radius 2 is 1.66 bits per heavy atom. The highest BCUT2D eigenvalue weighted by Crippen LogP contribution is 2.32. The molecule has 2 amide bonds. The molecule has 0 spiro atoms. The first-order chi connectivity index (χ1) is 13.6. The van der Waals surface area contributed by atoms with E-state index in [1.807, 2.05) is 0 Å². The third-order valence-electron chi connectivity index (χ3n) is 4.82. The summed E-state index contributed by atoms with van der Waals surface area (Å²) in [7, 11) is 3.24. The minimum Gasteiger partial charge on any atom is -0.343 e. The minimum absolute atomic E-state index is 0.0623. The van der Waals surface area contributed by atoms with Crippen LogP contribution in [0.4, 0.5) is 13.2 Å². The average Bonchev–Trinajstić information content (AvgIpc) is 3.49. The van der Waals surface area contributed by atoms with Crippen molar-refractivity contribution in [2.24, 2.45) is 0 Å². The molecule has 154 valence electrons. The molecule has 0 aliphatic heterocycles. The molecular weight excluding hydrogens is 383 g/mol. The molecule has 0 radical (unpaired) electrons. The Kier molecular flexibility index (Phi) is 5.64. The highest BCUT2D eigenvalue weighted by atomic mass is 19.4. The van der Waals surface area contributed by atoms with Crippen molar-refractivity contribution in [3.63, 3.8) is 0 Å².